The molecule has 0 saturated carbocycles. The van der Waals surface area contributed by atoms with Gasteiger partial charge in [0, 0.05) is 19.0 Å². The van der Waals surface area contributed by atoms with Gasteiger partial charge in [0.15, 0.2) is 11.6 Å². The Hall–Kier alpha value is -3.56. The fraction of sp³-hybridized carbons (Fsp3) is 0.150. The van der Waals surface area contributed by atoms with Crippen LogP contribution in [0, 0.1) is 17.5 Å². The second kappa shape index (κ2) is 8.05. The highest BCUT2D eigenvalue weighted by molar-refractivity contribution is 6.04. The summed E-state index contributed by atoms with van der Waals surface area (Å²) >= 11 is 0. The number of anilines is 1. The van der Waals surface area contributed by atoms with Crippen molar-refractivity contribution in [2.45, 2.75) is 12.3 Å². The maximum absolute atomic E-state index is 14.5. The Labute approximate surface area is 167 Å². The second-order valence-corrected chi connectivity index (χ2v) is 6.36. The minimum atomic E-state index is -3.23. The first-order valence-electron chi connectivity index (χ1n) is 8.57. The minimum absolute atomic E-state index is 0.205. The molecular formula is C20H15F5N4O. The summed E-state index contributed by atoms with van der Waals surface area (Å²) in [6, 6.07) is 4.61. The molecule has 0 bridgehead atoms. The van der Waals surface area contributed by atoms with Gasteiger partial charge in [-0.1, -0.05) is 12.1 Å². The number of nitrogens with zero attached hydrogens (tertiary/aromatic N) is 3. The quantitative estimate of drug-likeness (QED) is 0.458. The molecule has 2 heterocycles. The van der Waals surface area contributed by atoms with Crippen LogP contribution in [0.4, 0.5) is 27.6 Å². The summed E-state index contributed by atoms with van der Waals surface area (Å²) in [5.74, 6) is -7.77. The number of hydrogen-bond acceptors (Lipinski definition) is 3. The maximum Gasteiger partial charge on any atom is 0.294 e. The molecule has 5 nitrogen and oxygen atoms in total. The highest BCUT2D eigenvalue weighted by atomic mass is 19.3. The molecular weight excluding hydrogens is 407 g/mol. The van der Waals surface area contributed by atoms with Gasteiger partial charge in [0.25, 0.3) is 11.8 Å². The second-order valence-electron chi connectivity index (χ2n) is 6.36. The Balaban J connectivity index is 1.89. The molecule has 0 aliphatic carbocycles. The van der Waals surface area contributed by atoms with E-state index in [9.17, 15) is 26.7 Å². The number of rotatable bonds is 6. The van der Waals surface area contributed by atoms with Crippen molar-refractivity contribution < 1.29 is 26.7 Å². The third-order valence-corrected chi connectivity index (χ3v) is 4.25. The van der Waals surface area contributed by atoms with E-state index >= 15 is 0 Å². The monoisotopic (exact) mass is 422 g/mol. The number of nitrogens with one attached hydrogen (secondary N) is 1. The Morgan fingerprint density at radius 1 is 1.17 bits per heavy atom. The summed E-state index contributed by atoms with van der Waals surface area (Å²) in [5, 5.41) is 5.85. The van der Waals surface area contributed by atoms with Gasteiger partial charge >= 0.3 is 0 Å². The zero-order chi connectivity index (χ0) is 22.1. The normalized spacial score (nSPS) is 11.4. The average Bonchev–Trinajstić information content (AvgIpc) is 3.06. The van der Waals surface area contributed by atoms with Gasteiger partial charge in [-0.2, -0.15) is 13.9 Å². The van der Waals surface area contributed by atoms with Gasteiger partial charge in [-0.15, -0.1) is 6.58 Å². The van der Waals surface area contributed by atoms with Crippen molar-refractivity contribution in [3.05, 3.63) is 78.0 Å². The number of carbonyl (C=O) groups is 1. The topological polar surface area (TPSA) is 59.8 Å². The van der Waals surface area contributed by atoms with Crippen LogP contribution in [0.5, 0.6) is 0 Å². The Kier molecular flexibility index (Phi) is 5.68. The number of aryl methyl sites for hydroxylation is 1. The predicted molar refractivity (Wildman–Crippen MR) is 99.4 cm³/mol. The van der Waals surface area contributed by atoms with Crippen LogP contribution in [0.15, 0.2) is 49.3 Å². The zero-order valence-electron chi connectivity index (χ0n) is 15.6. The summed E-state index contributed by atoms with van der Waals surface area (Å²) < 4.78 is 71.1. The summed E-state index contributed by atoms with van der Waals surface area (Å²) in [6.45, 7) is 3.29. The number of allylic oxidation sites excluding steroid dienone is 1. The fourth-order valence-electron chi connectivity index (χ4n) is 2.79. The standard InChI is InChI=1S/C20H15F5N4O/c1-3-6-20(24,25)17-8-16(29(2)28-17)11-4-5-15(12(21)7-11)27-19(30)18-13(22)9-26-10-14(18)23/h3-5,7-10H,1,6H2,2H3,(H,27,30). The number of carbonyl (C=O) groups excluding carboxylic acids is 1. The van der Waals surface area contributed by atoms with E-state index in [0.29, 0.717) is 12.4 Å². The van der Waals surface area contributed by atoms with E-state index < -0.39 is 47.0 Å². The van der Waals surface area contributed by atoms with E-state index in [1.807, 2.05) is 0 Å². The lowest BCUT2D eigenvalue weighted by Gasteiger charge is -2.10. The third kappa shape index (κ3) is 4.07. The molecule has 2 aromatic heterocycles. The first-order valence-corrected chi connectivity index (χ1v) is 8.57. The summed E-state index contributed by atoms with van der Waals surface area (Å²) in [4.78, 5) is 15.4. The molecule has 30 heavy (non-hydrogen) atoms. The van der Waals surface area contributed by atoms with Gasteiger partial charge in [0.1, 0.15) is 17.1 Å². The molecule has 0 spiro atoms. The van der Waals surface area contributed by atoms with E-state index in [1.54, 1.807) is 0 Å². The van der Waals surface area contributed by atoms with E-state index in [4.69, 9.17) is 0 Å². The van der Waals surface area contributed by atoms with Gasteiger partial charge in [-0.25, -0.2) is 13.2 Å². The molecule has 0 aliphatic heterocycles. The van der Waals surface area contributed by atoms with E-state index in [-0.39, 0.29) is 16.9 Å². The van der Waals surface area contributed by atoms with Crippen molar-refractivity contribution in [2.75, 3.05) is 5.32 Å². The van der Waals surface area contributed by atoms with Crippen LogP contribution in [0.3, 0.4) is 0 Å². The predicted octanol–water partition coefficient (Wildman–Crippen LogP) is 4.82. The molecule has 156 valence electrons. The number of aromatic nitrogens is 3. The molecule has 1 aromatic carbocycles. The van der Waals surface area contributed by atoms with E-state index in [1.165, 1.54) is 17.8 Å². The van der Waals surface area contributed by atoms with Crippen LogP contribution in [0.1, 0.15) is 22.5 Å². The Morgan fingerprint density at radius 3 is 2.43 bits per heavy atom. The molecule has 0 saturated heterocycles. The Bertz CT molecular complexity index is 1110. The van der Waals surface area contributed by atoms with Crippen LogP contribution in [-0.2, 0) is 13.0 Å². The zero-order valence-corrected chi connectivity index (χ0v) is 15.6. The molecule has 1 amide bonds. The molecule has 0 unspecified atom stereocenters. The van der Waals surface area contributed by atoms with Crippen molar-refractivity contribution in [3.8, 4) is 11.3 Å². The highest BCUT2D eigenvalue weighted by Crippen LogP contribution is 2.34. The number of benzene rings is 1. The number of halogens is 5. The lowest BCUT2D eigenvalue weighted by molar-refractivity contribution is -0.00592. The number of hydrogen-bond donors (Lipinski definition) is 1. The van der Waals surface area contributed by atoms with Crippen LogP contribution >= 0.6 is 0 Å². The minimum Gasteiger partial charge on any atom is -0.319 e. The van der Waals surface area contributed by atoms with Crippen LogP contribution in [0.25, 0.3) is 11.3 Å². The van der Waals surface area contributed by atoms with Crippen molar-refractivity contribution in [1.82, 2.24) is 14.8 Å². The molecule has 10 heteroatoms. The summed E-state index contributed by atoms with van der Waals surface area (Å²) in [7, 11) is 1.42. The van der Waals surface area contributed by atoms with Crippen LogP contribution in [-0.4, -0.2) is 20.7 Å². The lowest BCUT2D eigenvalue weighted by Crippen LogP contribution is -2.17. The molecule has 0 atom stereocenters. The van der Waals surface area contributed by atoms with Crippen molar-refractivity contribution in [1.29, 1.82) is 0 Å². The van der Waals surface area contributed by atoms with Gasteiger partial charge in [0.05, 0.1) is 23.8 Å². The number of pyridine rings is 1. The van der Waals surface area contributed by atoms with E-state index in [0.717, 1.165) is 24.3 Å². The van der Waals surface area contributed by atoms with Gasteiger partial charge in [0.2, 0.25) is 0 Å². The fourth-order valence-corrected chi connectivity index (χ4v) is 2.79. The lowest BCUT2D eigenvalue weighted by atomic mass is 10.1. The molecule has 3 aromatic rings. The van der Waals surface area contributed by atoms with Gasteiger partial charge in [-0.05, 0) is 18.2 Å². The molecule has 3 rings (SSSR count). The smallest absolute Gasteiger partial charge is 0.294 e. The third-order valence-electron chi connectivity index (χ3n) is 4.25. The molecule has 1 N–H and O–H groups in total. The Morgan fingerprint density at radius 2 is 1.83 bits per heavy atom. The van der Waals surface area contributed by atoms with Gasteiger partial charge in [-0.3, -0.25) is 14.5 Å². The first kappa shape index (κ1) is 21.2. The number of alkyl halides is 2. The number of amides is 1. The SMILES string of the molecule is C=CCC(F)(F)c1cc(-c2ccc(NC(=O)c3c(F)cncc3F)c(F)c2)n(C)n1. The summed E-state index contributed by atoms with van der Waals surface area (Å²) in [5.41, 5.74) is -1.34. The maximum atomic E-state index is 14.5. The van der Waals surface area contributed by atoms with Gasteiger partial charge < -0.3 is 5.32 Å². The average molecular weight is 422 g/mol. The first-order chi connectivity index (χ1) is 14.1. The van der Waals surface area contributed by atoms with Crippen LogP contribution < -0.4 is 5.32 Å². The highest BCUT2D eigenvalue weighted by Gasteiger charge is 2.33. The van der Waals surface area contributed by atoms with Crippen molar-refractivity contribution >= 4 is 11.6 Å². The van der Waals surface area contributed by atoms with Crippen molar-refractivity contribution in [2.24, 2.45) is 7.05 Å². The largest absolute Gasteiger partial charge is 0.319 e. The molecule has 0 radical (unpaired) electrons. The molecule has 0 aliphatic rings. The van der Waals surface area contributed by atoms with E-state index in [2.05, 4.69) is 22.0 Å². The molecule has 0 fully saturated rings. The van der Waals surface area contributed by atoms with Crippen LogP contribution in [0.2, 0.25) is 0 Å². The van der Waals surface area contributed by atoms with Crippen molar-refractivity contribution in [3.63, 3.8) is 0 Å². The summed E-state index contributed by atoms with van der Waals surface area (Å²) in [6.07, 6.45) is 1.77.